The second kappa shape index (κ2) is 7.96. The summed E-state index contributed by atoms with van der Waals surface area (Å²) in [7, 11) is 0. The molecule has 0 unspecified atom stereocenters. The first kappa shape index (κ1) is 20.4. The predicted molar refractivity (Wildman–Crippen MR) is 99.7 cm³/mol. The average Bonchev–Trinajstić information content (AvgIpc) is 2.90. The molecule has 3 rings (SSSR count). The lowest BCUT2D eigenvalue weighted by Gasteiger charge is -2.15. The second-order valence-electron chi connectivity index (χ2n) is 6.02. The van der Waals surface area contributed by atoms with E-state index in [0.717, 1.165) is 12.1 Å². The Morgan fingerprint density at radius 2 is 1.76 bits per heavy atom. The van der Waals surface area contributed by atoms with Gasteiger partial charge in [-0.15, -0.1) is 0 Å². The van der Waals surface area contributed by atoms with E-state index in [1.807, 2.05) is 0 Å². The first-order chi connectivity index (χ1) is 13.6. The number of nitrogens with zero attached hydrogens (tertiary/aromatic N) is 1. The topological polar surface area (TPSA) is 78.5 Å². The highest BCUT2D eigenvalue weighted by atomic mass is 35.5. The summed E-state index contributed by atoms with van der Waals surface area (Å²) in [5, 5.41) is 4.91. The fraction of sp³-hybridized carbons (Fsp3) is 0.105. The zero-order valence-electron chi connectivity index (χ0n) is 14.6. The number of benzene rings is 2. The third-order valence-corrected chi connectivity index (χ3v) is 4.20. The number of nitrogens with one attached hydrogen (secondary N) is 2. The molecule has 6 nitrogen and oxygen atoms in total. The van der Waals surface area contributed by atoms with Gasteiger partial charge in [-0.2, -0.15) is 13.2 Å². The molecule has 1 fully saturated rings. The molecular weight excluding hydrogens is 411 g/mol. The lowest BCUT2D eigenvalue weighted by Crippen LogP contribution is -2.38. The molecule has 0 atom stereocenters. The molecule has 0 spiro atoms. The molecule has 2 aromatic carbocycles. The van der Waals surface area contributed by atoms with Gasteiger partial charge in [-0.3, -0.25) is 9.59 Å². The van der Waals surface area contributed by atoms with Crippen molar-refractivity contribution in [1.29, 1.82) is 0 Å². The number of amides is 4. The number of hydrogen-bond acceptors (Lipinski definition) is 3. The first-order valence-electron chi connectivity index (χ1n) is 8.21. The fourth-order valence-electron chi connectivity index (χ4n) is 2.61. The van der Waals surface area contributed by atoms with Gasteiger partial charge >= 0.3 is 12.2 Å². The highest BCUT2D eigenvalue weighted by molar-refractivity contribution is 6.30. The van der Waals surface area contributed by atoms with Crippen LogP contribution in [0.15, 0.2) is 54.2 Å². The number of imide groups is 1. The SMILES string of the molecule is O=C(CN1C(=O)N/C(=C\c2ccc(Cl)cc2)C1=O)Nc1ccccc1C(F)(F)F. The number of hydrogen-bond donors (Lipinski definition) is 2. The van der Waals surface area contributed by atoms with Crippen LogP contribution in [0.1, 0.15) is 11.1 Å². The van der Waals surface area contributed by atoms with Crippen LogP contribution in [0.4, 0.5) is 23.7 Å². The first-order valence-corrected chi connectivity index (χ1v) is 8.59. The van der Waals surface area contributed by atoms with Gasteiger partial charge in [-0.1, -0.05) is 35.9 Å². The van der Waals surface area contributed by atoms with Crippen molar-refractivity contribution >= 4 is 41.2 Å². The van der Waals surface area contributed by atoms with Crippen LogP contribution in [0, 0.1) is 0 Å². The van der Waals surface area contributed by atoms with E-state index >= 15 is 0 Å². The quantitative estimate of drug-likeness (QED) is 0.578. The lowest BCUT2D eigenvalue weighted by molar-refractivity contribution is -0.137. The van der Waals surface area contributed by atoms with E-state index in [9.17, 15) is 27.6 Å². The van der Waals surface area contributed by atoms with Gasteiger partial charge < -0.3 is 10.6 Å². The van der Waals surface area contributed by atoms with Gasteiger partial charge in [-0.25, -0.2) is 9.69 Å². The number of rotatable bonds is 4. The maximum Gasteiger partial charge on any atom is 0.418 e. The number of para-hydroxylation sites is 1. The Balaban J connectivity index is 1.72. The number of alkyl halides is 3. The van der Waals surface area contributed by atoms with Crippen LogP contribution in [0.25, 0.3) is 6.08 Å². The Hall–Kier alpha value is -3.33. The molecule has 0 saturated carbocycles. The van der Waals surface area contributed by atoms with Gasteiger partial charge in [0, 0.05) is 5.02 Å². The fourth-order valence-corrected chi connectivity index (χ4v) is 2.74. The minimum Gasteiger partial charge on any atom is -0.324 e. The normalized spacial score (nSPS) is 15.6. The summed E-state index contributed by atoms with van der Waals surface area (Å²) in [6, 6.07) is 9.99. The molecule has 1 aliphatic heterocycles. The third kappa shape index (κ3) is 4.75. The van der Waals surface area contributed by atoms with Crippen molar-refractivity contribution in [2.24, 2.45) is 0 Å². The molecule has 0 bridgehead atoms. The Kier molecular flexibility index (Phi) is 5.60. The van der Waals surface area contributed by atoms with E-state index in [1.54, 1.807) is 24.3 Å². The van der Waals surface area contributed by atoms with E-state index in [2.05, 4.69) is 10.6 Å². The molecule has 0 aromatic heterocycles. The molecule has 10 heteroatoms. The van der Waals surface area contributed by atoms with E-state index in [4.69, 9.17) is 11.6 Å². The van der Waals surface area contributed by atoms with E-state index in [-0.39, 0.29) is 5.70 Å². The van der Waals surface area contributed by atoms with Crippen molar-refractivity contribution in [3.05, 3.63) is 70.4 Å². The van der Waals surface area contributed by atoms with Crippen LogP contribution in [0.2, 0.25) is 5.02 Å². The monoisotopic (exact) mass is 423 g/mol. The van der Waals surface area contributed by atoms with Crippen LogP contribution in [-0.4, -0.2) is 29.3 Å². The number of carbonyl (C=O) groups is 3. The molecule has 1 aliphatic rings. The third-order valence-electron chi connectivity index (χ3n) is 3.95. The zero-order valence-corrected chi connectivity index (χ0v) is 15.3. The van der Waals surface area contributed by atoms with Crippen molar-refractivity contribution in [3.8, 4) is 0 Å². The minimum atomic E-state index is -4.67. The van der Waals surface area contributed by atoms with Crippen molar-refractivity contribution in [1.82, 2.24) is 10.2 Å². The smallest absolute Gasteiger partial charge is 0.324 e. The van der Waals surface area contributed by atoms with E-state index in [1.165, 1.54) is 18.2 Å². The minimum absolute atomic E-state index is 0.0687. The van der Waals surface area contributed by atoms with Crippen LogP contribution >= 0.6 is 11.6 Å². The number of anilines is 1. The maximum atomic E-state index is 13.0. The van der Waals surface area contributed by atoms with Gasteiger partial charge in [0.25, 0.3) is 5.91 Å². The Morgan fingerprint density at radius 3 is 2.41 bits per heavy atom. The summed E-state index contributed by atoms with van der Waals surface area (Å²) in [6.45, 7) is -0.741. The molecule has 0 aliphatic carbocycles. The molecule has 2 aromatic rings. The largest absolute Gasteiger partial charge is 0.418 e. The average molecular weight is 424 g/mol. The van der Waals surface area contributed by atoms with Crippen molar-refractivity contribution in [3.63, 3.8) is 0 Å². The zero-order chi connectivity index (χ0) is 21.2. The van der Waals surface area contributed by atoms with Gasteiger partial charge in [0.1, 0.15) is 12.2 Å². The number of urea groups is 1. The highest BCUT2D eigenvalue weighted by Gasteiger charge is 2.36. The van der Waals surface area contributed by atoms with Gasteiger partial charge in [0.15, 0.2) is 0 Å². The summed E-state index contributed by atoms with van der Waals surface area (Å²) in [6.07, 6.45) is -3.27. The number of carbonyl (C=O) groups excluding carboxylic acids is 3. The molecule has 1 saturated heterocycles. The Bertz CT molecular complexity index is 1000. The lowest BCUT2D eigenvalue weighted by atomic mass is 10.1. The number of halogens is 4. The van der Waals surface area contributed by atoms with Crippen molar-refractivity contribution < 1.29 is 27.6 Å². The summed E-state index contributed by atoms with van der Waals surface area (Å²) >= 11 is 5.79. The predicted octanol–water partition coefficient (Wildman–Crippen LogP) is 3.89. The van der Waals surface area contributed by atoms with E-state index in [0.29, 0.717) is 15.5 Å². The summed E-state index contributed by atoms with van der Waals surface area (Å²) in [5.74, 6) is -1.72. The van der Waals surface area contributed by atoms with Crippen LogP contribution in [-0.2, 0) is 15.8 Å². The molecule has 0 radical (unpaired) electrons. The Morgan fingerprint density at radius 1 is 1.10 bits per heavy atom. The van der Waals surface area contributed by atoms with Crippen molar-refractivity contribution in [2.45, 2.75) is 6.18 Å². The Labute approximate surface area is 167 Å². The molecule has 150 valence electrons. The summed E-state index contributed by atoms with van der Waals surface area (Å²) in [4.78, 5) is 37.2. The van der Waals surface area contributed by atoms with E-state index < -0.39 is 41.8 Å². The van der Waals surface area contributed by atoms with Crippen LogP contribution < -0.4 is 10.6 Å². The maximum absolute atomic E-state index is 13.0. The molecule has 1 heterocycles. The molecule has 4 amide bonds. The summed E-state index contributed by atoms with van der Waals surface area (Å²) < 4.78 is 39.0. The second-order valence-corrected chi connectivity index (χ2v) is 6.46. The van der Waals surface area contributed by atoms with Crippen molar-refractivity contribution in [2.75, 3.05) is 11.9 Å². The standard InChI is InChI=1S/C19H13ClF3N3O3/c20-12-7-5-11(6-8-12)9-15-17(28)26(18(29)25-15)10-16(27)24-14-4-2-1-3-13(14)19(21,22)23/h1-9H,10H2,(H,24,27)(H,25,29)/b15-9-. The highest BCUT2D eigenvalue weighted by Crippen LogP contribution is 2.34. The van der Waals surface area contributed by atoms with Gasteiger partial charge in [-0.05, 0) is 35.9 Å². The summed E-state index contributed by atoms with van der Waals surface area (Å²) in [5.41, 5.74) is -0.980. The van der Waals surface area contributed by atoms with Gasteiger partial charge in [0.2, 0.25) is 5.91 Å². The molecule has 2 N–H and O–H groups in total. The molecular formula is C19H13ClF3N3O3. The van der Waals surface area contributed by atoms with Crippen LogP contribution in [0.3, 0.4) is 0 Å². The molecule has 29 heavy (non-hydrogen) atoms. The van der Waals surface area contributed by atoms with Gasteiger partial charge in [0.05, 0.1) is 11.3 Å². The van der Waals surface area contributed by atoms with Crippen LogP contribution in [0.5, 0.6) is 0 Å².